The molecule has 0 aliphatic carbocycles. The van der Waals surface area contributed by atoms with E-state index in [0.29, 0.717) is 40.6 Å². The first-order valence-corrected chi connectivity index (χ1v) is 44.5. The predicted octanol–water partition coefficient (Wildman–Crippen LogP) is 0.830. The molecule has 0 unspecified atom stereocenters. The number of aromatic amines is 3. The van der Waals surface area contributed by atoms with Gasteiger partial charge in [0.1, 0.15) is 72.2 Å². The first kappa shape index (κ1) is 101. The quantitative estimate of drug-likeness (QED) is 0.00825. The number of para-hydroxylation sites is 2. The van der Waals surface area contributed by atoms with Crippen molar-refractivity contribution in [1.82, 2.24) is 98.5 Å². The number of fused-ring (bicyclic) bond motifs is 3. The Hall–Kier alpha value is -15.0. The van der Waals surface area contributed by atoms with Crippen molar-refractivity contribution < 1.29 is 91.3 Å². The number of nitrogens with two attached hydrogens (primary N) is 4. The summed E-state index contributed by atoms with van der Waals surface area (Å²) in [5.41, 5.74) is 26.5. The van der Waals surface area contributed by atoms with Crippen molar-refractivity contribution in [2.24, 2.45) is 34.8 Å². The lowest BCUT2D eigenvalue weighted by molar-refractivity contribution is -0.383. The molecule has 45 heteroatoms. The van der Waals surface area contributed by atoms with Crippen molar-refractivity contribution in [3.63, 3.8) is 0 Å². The number of carboxylic acid groups (broad SMARTS) is 1. The fourth-order valence-electron chi connectivity index (χ4n) is 16.2. The number of H-pyrrole nitrogens is 3. The Bertz CT molecular complexity index is 5540. The van der Waals surface area contributed by atoms with Gasteiger partial charge in [-0.3, -0.25) is 82.6 Å². The van der Waals surface area contributed by atoms with Crippen LogP contribution >= 0.6 is 0 Å². The summed E-state index contributed by atoms with van der Waals surface area (Å²) in [6, 6.07) is 6.51. The number of guanidine groups is 1. The van der Waals surface area contributed by atoms with Gasteiger partial charge in [-0.15, -0.1) is 0 Å². The van der Waals surface area contributed by atoms with Crippen molar-refractivity contribution in [2.45, 2.75) is 229 Å². The third kappa shape index (κ3) is 28.5. The van der Waals surface area contributed by atoms with Crippen LogP contribution in [-0.4, -0.2) is 243 Å². The average Bonchev–Trinajstić information content (AvgIpc) is 1.62. The zero-order chi connectivity index (χ0) is 97.0. The second-order valence-corrected chi connectivity index (χ2v) is 34.2. The number of carbonyl (C=O) groups excluding carboxylic acids is 14. The molecular formula is C89H117N25O20. The number of hydrogen-bond acceptors (Lipinski definition) is 24. The number of non-ortho nitro benzene ring substituents is 1. The van der Waals surface area contributed by atoms with E-state index in [4.69, 9.17) is 37.7 Å². The van der Waals surface area contributed by atoms with Crippen molar-refractivity contribution in [3.8, 4) is 11.5 Å². The zero-order valence-electron chi connectivity index (χ0n) is 74.9. The molecule has 2 aliphatic rings. The second-order valence-electron chi connectivity index (χ2n) is 34.2. The number of aliphatic carboxylic acids is 1. The fourth-order valence-corrected chi connectivity index (χ4v) is 16.2. The van der Waals surface area contributed by atoms with Gasteiger partial charge in [0, 0.05) is 98.2 Å². The van der Waals surface area contributed by atoms with Gasteiger partial charge < -0.3 is 116 Å². The Labute approximate surface area is 768 Å². The maximum atomic E-state index is 15.1. The summed E-state index contributed by atoms with van der Waals surface area (Å²) >= 11 is 0. The van der Waals surface area contributed by atoms with Gasteiger partial charge in [-0.1, -0.05) is 96.0 Å². The number of nitrogens with zero attached hydrogens (tertiary/aromatic N) is 6. The van der Waals surface area contributed by atoms with Crippen LogP contribution in [0.15, 0.2) is 114 Å². The molecule has 8 aromatic rings. The molecule has 10 rings (SSSR count). The number of nitro groups is 1. The molecular weight excluding hydrogens is 1740 g/mol. The minimum atomic E-state index is -1.62. The highest BCUT2D eigenvalue weighted by Gasteiger charge is 2.43. The number of rotatable bonds is 51. The number of unbranched alkanes of at least 4 members (excludes halogenated alkanes) is 1. The summed E-state index contributed by atoms with van der Waals surface area (Å²) in [4.78, 5) is 239. The summed E-state index contributed by atoms with van der Waals surface area (Å²) < 4.78 is 10.6. The van der Waals surface area contributed by atoms with Gasteiger partial charge in [-0.05, 0) is 146 Å². The topological polar surface area (TPSA) is 695 Å². The molecule has 0 radical (unpaired) electrons. The molecule has 2 fully saturated rings. The molecule has 4 aromatic carbocycles. The summed E-state index contributed by atoms with van der Waals surface area (Å²) in [6.45, 7) is 8.05. The molecule has 718 valence electrons. The van der Waals surface area contributed by atoms with Crippen LogP contribution < -0.4 is 86.2 Å². The molecule has 4 aromatic heterocycles. The van der Waals surface area contributed by atoms with Crippen LogP contribution in [-0.2, 0) is 97.6 Å². The molecule has 6 heterocycles. The maximum Gasteiger partial charge on any atom is 0.326 e. The monoisotopic (exact) mass is 1860 g/mol. The molecule has 2 aliphatic heterocycles. The van der Waals surface area contributed by atoms with Gasteiger partial charge in [0.2, 0.25) is 88.2 Å². The van der Waals surface area contributed by atoms with Crippen molar-refractivity contribution in [3.05, 3.63) is 142 Å². The van der Waals surface area contributed by atoms with Crippen molar-refractivity contribution in [1.29, 1.82) is 5.41 Å². The molecule has 14 amide bonds. The number of amides is 14. The highest BCUT2D eigenvalue weighted by Crippen LogP contribution is 2.34. The van der Waals surface area contributed by atoms with Crippen LogP contribution in [0.3, 0.4) is 0 Å². The number of benzene rings is 4. The lowest BCUT2D eigenvalue weighted by Crippen LogP contribution is -2.61. The number of ether oxygens (including phenoxy) is 1. The number of hydrogen-bond donors (Lipinski definition) is 20. The van der Waals surface area contributed by atoms with Crippen molar-refractivity contribution >= 4 is 133 Å². The number of aromatic nitrogens is 6. The minimum absolute atomic E-state index is 0.0182. The van der Waals surface area contributed by atoms with E-state index < -0.39 is 198 Å². The Kier molecular flexibility index (Phi) is 36.4. The zero-order valence-corrected chi connectivity index (χ0v) is 74.9. The van der Waals surface area contributed by atoms with Crippen LogP contribution in [0.4, 0.5) is 5.69 Å². The summed E-state index contributed by atoms with van der Waals surface area (Å²) in [6.07, 6.45) is 5.75. The molecule has 45 nitrogen and oxygen atoms in total. The number of nitro benzene ring substituents is 1. The van der Waals surface area contributed by atoms with E-state index in [1.54, 1.807) is 46.2 Å². The van der Waals surface area contributed by atoms with E-state index in [-0.39, 0.29) is 150 Å². The minimum Gasteiger partial charge on any atom is -0.480 e. The van der Waals surface area contributed by atoms with Crippen LogP contribution in [0.1, 0.15) is 153 Å². The average molecular weight is 1860 g/mol. The van der Waals surface area contributed by atoms with E-state index in [1.807, 2.05) is 49.4 Å². The van der Waals surface area contributed by atoms with Gasteiger partial charge in [0.05, 0.1) is 29.5 Å². The van der Waals surface area contributed by atoms with Gasteiger partial charge in [0.25, 0.3) is 0 Å². The smallest absolute Gasteiger partial charge is 0.326 e. The Balaban J connectivity index is 0.776. The molecule has 0 saturated carbocycles. The van der Waals surface area contributed by atoms with Crippen molar-refractivity contribution in [2.75, 3.05) is 26.2 Å². The number of carbonyl (C=O) groups is 15. The SMILES string of the molecule is CCCC[C@H](NC(=O)[C@@H]1CCCN1C(=O)[C@H](CCC(N)=O)NC(=O)CNC(=O)[C@@H]1CCCN1C(=O)[C@H](CCCNC(=N)N)NC(=O)[C@H](CC(C)C)NC(=O)[C@H](CCC(N)=O)NC(=O)[C@H](CC(C)C)NC(=O)[C@H](Cc1c[nH]c2ccccc12)NC(=O)[C@H](Cc1c[nH]cn1)NC(=O)[C@@H](N)Cc1c[nH]c2ccccc12)C(=O)N[C@@H](Cc1ccc(Oc2ccc([N+](=O)[O-])c3nonc23)cc1)C(=O)O. The summed E-state index contributed by atoms with van der Waals surface area (Å²) in [5.74, 6) is -14.0. The molecule has 2 saturated heterocycles. The molecule has 24 N–H and O–H groups in total. The van der Waals surface area contributed by atoms with Crippen LogP contribution in [0.25, 0.3) is 32.8 Å². The van der Waals surface area contributed by atoms with E-state index in [2.05, 4.69) is 88.7 Å². The van der Waals surface area contributed by atoms with E-state index in [0.717, 1.165) is 16.5 Å². The maximum absolute atomic E-state index is 15.1. The lowest BCUT2D eigenvalue weighted by Gasteiger charge is -2.31. The van der Waals surface area contributed by atoms with Gasteiger partial charge in [0.15, 0.2) is 17.2 Å². The molecule has 0 bridgehead atoms. The molecule has 12 atom stereocenters. The largest absolute Gasteiger partial charge is 0.480 e. The lowest BCUT2D eigenvalue weighted by atomic mass is 9.99. The van der Waals surface area contributed by atoms with Crippen LogP contribution in [0.5, 0.6) is 11.5 Å². The Morgan fingerprint density at radius 3 is 1.60 bits per heavy atom. The highest BCUT2D eigenvalue weighted by molar-refractivity contribution is 6.01. The predicted molar refractivity (Wildman–Crippen MR) is 485 cm³/mol. The molecule has 0 spiro atoms. The van der Waals surface area contributed by atoms with Crippen LogP contribution in [0, 0.1) is 27.4 Å². The summed E-state index contributed by atoms with van der Waals surface area (Å²) in [5, 5.41) is 67.9. The number of likely N-dealkylation sites (tertiary alicyclic amines) is 2. The van der Waals surface area contributed by atoms with Crippen LogP contribution in [0.2, 0.25) is 0 Å². The Morgan fingerprint density at radius 2 is 1.04 bits per heavy atom. The first-order valence-electron chi connectivity index (χ1n) is 44.5. The molecule has 134 heavy (non-hydrogen) atoms. The second kappa shape index (κ2) is 48.3. The number of nitrogens with one attached hydrogen (secondary N) is 15. The first-order chi connectivity index (χ1) is 64.0. The summed E-state index contributed by atoms with van der Waals surface area (Å²) in [7, 11) is 0. The van der Waals surface area contributed by atoms with E-state index in [1.165, 1.54) is 58.7 Å². The number of imidazole rings is 1. The van der Waals surface area contributed by atoms with Gasteiger partial charge in [-0.25, -0.2) is 14.4 Å². The Morgan fingerprint density at radius 1 is 0.552 bits per heavy atom. The van der Waals surface area contributed by atoms with Gasteiger partial charge >= 0.3 is 11.7 Å². The third-order valence-corrected chi connectivity index (χ3v) is 23.0. The highest BCUT2D eigenvalue weighted by atomic mass is 16.6. The van der Waals surface area contributed by atoms with Gasteiger partial charge in [-0.2, -0.15) is 0 Å². The number of primary amides is 2. The third-order valence-electron chi connectivity index (χ3n) is 23.0. The fraction of sp³-hybridized carbons (Fsp3) is 0.472. The normalized spacial score (nSPS) is 15.9. The standard InChI is InChI=1S/C89H117N25O20/c1-6-7-17-59(78(119)109-67(88(129)130)38-49-23-25-53(26-24-49)133-71-30-29-68(114(131)132)75-76(71)111-134-110-75)103-85(126)70-22-14-35-113(70)87(128)62(28-32-73(92)116)101-74(117)45-99-84(125)69-21-13-34-112(69)86(127)61(20-12-33-96-89(93)94)104-81(122)64(37-48(4)5)106-79(120)60(27-31-72(91)115)102-80(121)63(36-47(2)3)107-82(123)65(40-51-43-98-58-19-11-9-16-55(51)58)108-83(124)66(41-52-44-95-46-100-52)105-77(118)56(90)39-50-42-97-57-18-10-8-15-54(50)57/h8-11,15-16,18-19,23-26,29-30,42-44,46-48,56,59-67,69-70,97-98H,6-7,12-14,17,20-22,27-28,31-41,45,90H2,1-5H3,(H2,91,115)(H2,92,116)(H,95,100)(H,99,125)(H,101,117)(H,102,121)(H,103,126)(H,104,122)(H,105,118)(H,106,120)(H,107,123)(H,108,124)(H,109,119)(H,129,130)(H4,93,94,96)/t56-,59-,60-,61-,62-,63-,64-,65-,66-,67-,69-,70-/m0/s1. The van der Waals surface area contributed by atoms with E-state index in [9.17, 15) is 77.5 Å². The number of carboxylic acids is 1. The van der Waals surface area contributed by atoms with E-state index >= 15 is 9.59 Å².